The summed E-state index contributed by atoms with van der Waals surface area (Å²) in [5, 5.41) is 3.61. The quantitative estimate of drug-likeness (QED) is 0.890. The SMILES string of the molecule is CC(NC(=O)c1ccc(CCN)cc1)c1ccccc1Cl. The summed E-state index contributed by atoms with van der Waals surface area (Å²) in [5.41, 5.74) is 8.19. The number of rotatable bonds is 5. The number of halogens is 1. The summed E-state index contributed by atoms with van der Waals surface area (Å²) in [4.78, 5) is 12.2. The van der Waals surface area contributed by atoms with E-state index in [9.17, 15) is 4.79 Å². The third kappa shape index (κ3) is 4.06. The number of nitrogens with two attached hydrogens (primary N) is 1. The first-order chi connectivity index (χ1) is 10.1. The van der Waals surface area contributed by atoms with E-state index in [0.717, 1.165) is 17.5 Å². The van der Waals surface area contributed by atoms with E-state index in [4.69, 9.17) is 17.3 Å². The van der Waals surface area contributed by atoms with Gasteiger partial charge in [0, 0.05) is 10.6 Å². The van der Waals surface area contributed by atoms with Crippen molar-refractivity contribution >= 4 is 17.5 Å². The fourth-order valence-electron chi connectivity index (χ4n) is 2.17. The highest BCUT2D eigenvalue weighted by molar-refractivity contribution is 6.31. The van der Waals surface area contributed by atoms with E-state index < -0.39 is 0 Å². The molecule has 110 valence electrons. The molecule has 0 bridgehead atoms. The Labute approximate surface area is 130 Å². The molecule has 0 saturated carbocycles. The molecule has 0 saturated heterocycles. The topological polar surface area (TPSA) is 55.1 Å². The van der Waals surface area contributed by atoms with E-state index >= 15 is 0 Å². The van der Waals surface area contributed by atoms with Gasteiger partial charge in [-0.15, -0.1) is 0 Å². The molecule has 0 heterocycles. The number of carbonyl (C=O) groups excluding carboxylic acids is 1. The molecule has 0 aliphatic heterocycles. The van der Waals surface area contributed by atoms with Crippen molar-refractivity contribution in [1.29, 1.82) is 0 Å². The summed E-state index contributed by atoms with van der Waals surface area (Å²) < 4.78 is 0. The molecule has 2 aromatic carbocycles. The fraction of sp³-hybridized carbons (Fsp3) is 0.235. The molecule has 1 atom stereocenters. The van der Waals surface area contributed by atoms with E-state index in [1.54, 1.807) is 0 Å². The van der Waals surface area contributed by atoms with Gasteiger partial charge in [-0.05, 0) is 49.2 Å². The molecule has 1 amide bonds. The number of nitrogens with one attached hydrogen (secondary N) is 1. The van der Waals surface area contributed by atoms with Crippen molar-refractivity contribution in [2.24, 2.45) is 5.73 Å². The molecule has 0 spiro atoms. The average Bonchev–Trinajstić information content (AvgIpc) is 2.48. The Hall–Kier alpha value is -1.84. The number of amides is 1. The summed E-state index contributed by atoms with van der Waals surface area (Å²) in [6.45, 7) is 2.52. The molecule has 0 aliphatic carbocycles. The van der Waals surface area contributed by atoms with Gasteiger partial charge >= 0.3 is 0 Å². The van der Waals surface area contributed by atoms with Crippen LogP contribution in [0.15, 0.2) is 48.5 Å². The van der Waals surface area contributed by atoms with Gasteiger partial charge in [0.1, 0.15) is 0 Å². The summed E-state index contributed by atoms with van der Waals surface area (Å²) in [7, 11) is 0. The van der Waals surface area contributed by atoms with Gasteiger partial charge in [0.2, 0.25) is 0 Å². The summed E-state index contributed by atoms with van der Waals surface area (Å²) in [6, 6.07) is 14.9. The Morgan fingerprint density at radius 3 is 2.48 bits per heavy atom. The van der Waals surface area contributed by atoms with Gasteiger partial charge in [0.15, 0.2) is 0 Å². The lowest BCUT2D eigenvalue weighted by Crippen LogP contribution is -2.26. The lowest BCUT2D eigenvalue weighted by molar-refractivity contribution is 0.0940. The normalized spacial score (nSPS) is 12.0. The third-order valence-corrected chi connectivity index (χ3v) is 3.71. The van der Waals surface area contributed by atoms with Crippen LogP contribution >= 0.6 is 11.6 Å². The molecule has 3 N–H and O–H groups in total. The highest BCUT2D eigenvalue weighted by atomic mass is 35.5. The van der Waals surface area contributed by atoms with E-state index in [1.807, 2.05) is 55.5 Å². The Kier molecular flexibility index (Phi) is 5.37. The van der Waals surface area contributed by atoms with Crippen LogP contribution in [0.25, 0.3) is 0 Å². The standard InChI is InChI=1S/C17H19ClN2O/c1-12(15-4-2-3-5-16(15)18)20-17(21)14-8-6-13(7-9-14)10-11-19/h2-9,12H,10-11,19H2,1H3,(H,20,21). The Morgan fingerprint density at radius 1 is 1.19 bits per heavy atom. The van der Waals surface area contributed by atoms with Crippen LogP contribution in [0.5, 0.6) is 0 Å². The zero-order valence-corrected chi connectivity index (χ0v) is 12.7. The highest BCUT2D eigenvalue weighted by Gasteiger charge is 2.13. The van der Waals surface area contributed by atoms with Crippen molar-refractivity contribution in [2.45, 2.75) is 19.4 Å². The first-order valence-electron chi connectivity index (χ1n) is 6.96. The minimum atomic E-state index is -0.144. The zero-order valence-electron chi connectivity index (χ0n) is 12.0. The highest BCUT2D eigenvalue weighted by Crippen LogP contribution is 2.22. The van der Waals surface area contributed by atoms with Gasteiger partial charge in [-0.1, -0.05) is 41.9 Å². The zero-order chi connectivity index (χ0) is 15.2. The predicted octanol–water partition coefficient (Wildman–Crippen LogP) is 3.33. The molecule has 3 nitrogen and oxygen atoms in total. The molecule has 4 heteroatoms. The van der Waals surface area contributed by atoms with Gasteiger partial charge in [0.25, 0.3) is 5.91 Å². The second-order valence-corrected chi connectivity index (χ2v) is 5.36. The van der Waals surface area contributed by atoms with Crippen LogP contribution in [0.1, 0.15) is 34.5 Å². The maximum absolute atomic E-state index is 12.2. The van der Waals surface area contributed by atoms with E-state index in [0.29, 0.717) is 17.1 Å². The van der Waals surface area contributed by atoms with Gasteiger partial charge in [0.05, 0.1) is 6.04 Å². The van der Waals surface area contributed by atoms with Crippen molar-refractivity contribution in [2.75, 3.05) is 6.54 Å². The molecule has 2 aromatic rings. The predicted molar refractivity (Wildman–Crippen MR) is 86.5 cm³/mol. The Morgan fingerprint density at radius 2 is 1.86 bits per heavy atom. The van der Waals surface area contributed by atoms with Crippen LogP contribution in [0.3, 0.4) is 0 Å². The minimum Gasteiger partial charge on any atom is -0.345 e. The van der Waals surface area contributed by atoms with E-state index in [2.05, 4.69) is 5.32 Å². The Balaban J connectivity index is 2.05. The monoisotopic (exact) mass is 302 g/mol. The Bertz CT molecular complexity index is 610. The molecule has 0 aliphatic rings. The molecule has 0 aromatic heterocycles. The van der Waals surface area contributed by atoms with Crippen LogP contribution in [0.4, 0.5) is 0 Å². The molecule has 0 fully saturated rings. The van der Waals surface area contributed by atoms with Crippen LogP contribution in [0.2, 0.25) is 5.02 Å². The van der Waals surface area contributed by atoms with Gasteiger partial charge in [-0.3, -0.25) is 4.79 Å². The number of hydrogen-bond acceptors (Lipinski definition) is 2. The molecule has 0 radical (unpaired) electrons. The smallest absolute Gasteiger partial charge is 0.251 e. The van der Waals surface area contributed by atoms with Crippen molar-refractivity contribution in [3.8, 4) is 0 Å². The summed E-state index contributed by atoms with van der Waals surface area (Å²) >= 11 is 6.14. The lowest BCUT2D eigenvalue weighted by Gasteiger charge is -2.15. The first kappa shape index (κ1) is 15.5. The fourth-order valence-corrected chi connectivity index (χ4v) is 2.47. The summed E-state index contributed by atoms with van der Waals surface area (Å²) in [5.74, 6) is -0.110. The third-order valence-electron chi connectivity index (χ3n) is 3.37. The van der Waals surface area contributed by atoms with Crippen LogP contribution in [-0.4, -0.2) is 12.5 Å². The molecule has 1 unspecified atom stereocenters. The lowest BCUT2D eigenvalue weighted by atomic mass is 10.1. The first-order valence-corrected chi connectivity index (χ1v) is 7.34. The largest absolute Gasteiger partial charge is 0.345 e. The molecule has 21 heavy (non-hydrogen) atoms. The van der Waals surface area contributed by atoms with Gasteiger partial charge < -0.3 is 11.1 Å². The minimum absolute atomic E-state index is 0.110. The maximum Gasteiger partial charge on any atom is 0.251 e. The second kappa shape index (κ2) is 7.25. The van der Waals surface area contributed by atoms with E-state index in [-0.39, 0.29) is 11.9 Å². The second-order valence-electron chi connectivity index (χ2n) is 4.95. The maximum atomic E-state index is 12.2. The number of carbonyl (C=O) groups is 1. The van der Waals surface area contributed by atoms with Gasteiger partial charge in [-0.2, -0.15) is 0 Å². The van der Waals surface area contributed by atoms with Crippen molar-refractivity contribution in [3.05, 3.63) is 70.2 Å². The van der Waals surface area contributed by atoms with Crippen molar-refractivity contribution < 1.29 is 4.79 Å². The van der Waals surface area contributed by atoms with Gasteiger partial charge in [-0.25, -0.2) is 0 Å². The van der Waals surface area contributed by atoms with Crippen LogP contribution in [0, 0.1) is 0 Å². The molecule has 2 rings (SSSR count). The molecular weight excluding hydrogens is 284 g/mol. The van der Waals surface area contributed by atoms with Crippen molar-refractivity contribution in [3.63, 3.8) is 0 Å². The van der Waals surface area contributed by atoms with E-state index in [1.165, 1.54) is 0 Å². The molecular formula is C17H19ClN2O. The summed E-state index contributed by atoms with van der Waals surface area (Å²) in [6.07, 6.45) is 0.817. The van der Waals surface area contributed by atoms with Crippen molar-refractivity contribution in [1.82, 2.24) is 5.32 Å². The number of benzene rings is 2. The average molecular weight is 303 g/mol. The van der Waals surface area contributed by atoms with Crippen LogP contribution < -0.4 is 11.1 Å². The number of hydrogen-bond donors (Lipinski definition) is 2. The van der Waals surface area contributed by atoms with Crippen LogP contribution in [-0.2, 0) is 6.42 Å².